The fraction of sp³-hybridized carbons (Fsp3) is 0.348. The normalized spacial score (nSPS) is 18.6. The monoisotopic (exact) mass is 421 g/mol. The van der Waals surface area contributed by atoms with Crippen LogP contribution in [0.3, 0.4) is 0 Å². The van der Waals surface area contributed by atoms with Gasteiger partial charge in [0, 0.05) is 44.0 Å². The smallest absolute Gasteiger partial charge is 0.170 e. The van der Waals surface area contributed by atoms with Crippen LogP contribution in [0.15, 0.2) is 55.0 Å². The van der Waals surface area contributed by atoms with Crippen molar-refractivity contribution in [2.75, 3.05) is 20.3 Å². The number of aromatic nitrogens is 3. The number of pyridine rings is 2. The second-order valence-electron chi connectivity index (χ2n) is 7.54. The zero-order chi connectivity index (χ0) is 21.1. The largest absolute Gasteiger partial charge is 0.385 e. The Morgan fingerprint density at radius 2 is 2.03 bits per heavy atom. The standard InChI is InChI=1S/C23H27N5OS/c1-16-14-19(17(2)28(16)18-8-6-10-24-15-18)22-21(20-9-4-5-11-25-20)26-23(30)27(22)12-7-13-29-3/h4-6,8-11,14-15,21-22H,7,12-13H2,1-3H3,(H,26,30)/t21-,22+/m1/s1. The molecule has 0 amide bonds. The van der Waals surface area contributed by atoms with Gasteiger partial charge in [0.05, 0.1) is 29.7 Å². The van der Waals surface area contributed by atoms with Gasteiger partial charge in [-0.25, -0.2) is 0 Å². The number of nitrogens with zero attached hydrogens (tertiary/aromatic N) is 4. The van der Waals surface area contributed by atoms with E-state index < -0.39 is 0 Å². The predicted molar refractivity (Wildman–Crippen MR) is 122 cm³/mol. The van der Waals surface area contributed by atoms with E-state index in [0.29, 0.717) is 6.61 Å². The topological polar surface area (TPSA) is 55.2 Å². The van der Waals surface area contributed by atoms with Gasteiger partial charge < -0.3 is 19.5 Å². The maximum absolute atomic E-state index is 5.75. The summed E-state index contributed by atoms with van der Waals surface area (Å²) in [5.41, 5.74) is 5.66. The molecule has 1 saturated heterocycles. The molecule has 156 valence electrons. The number of methoxy groups -OCH3 is 1. The lowest BCUT2D eigenvalue weighted by molar-refractivity contribution is 0.180. The Morgan fingerprint density at radius 3 is 2.73 bits per heavy atom. The van der Waals surface area contributed by atoms with Crippen LogP contribution in [-0.2, 0) is 4.74 Å². The highest BCUT2D eigenvalue weighted by Crippen LogP contribution is 2.41. The fourth-order valence-electron chi connectivity index (χ4n) is 4.33. The molecule has 0 bridgehead atoms. The second kappa shape index (κ2) is 8.93. The Hall–Kier alpha value is -2.77. The molecule has 4 heterocycles. The molecule has 0 radical (unpaired) electrons. The zero-order valence-corrected chi connectivity index (χ0v) is 18.4. The Kier molecular flexibility index (Phi) is 6.11. The van der Waals surface area contributed by atoms with Crippen molar-refractivity contribution >= 4 is 17.3 Å². The molecule has 1 aliphatic rings. The molecule has 0 unspecified atom stereocenters. The van der Waals surface area contributed by atoms with Gasteiger partial charge in [-0.15, -0.1) is 0 Å². The quantitative estimate of drug-likeness (QED) is 0.461. The van der Waals surface area contributed by atoms with E-state index in [4.69, 9.17) is 17.0 Å². The van der Waals surface area contributed by atoms with Crippen LogP contribution in [0.2, 0.25) is 0 Å². The number of hydrogen-bond donors (Lipinski definition) is 1. The molecule has 3 aromatic rings. The molecular formula is C23H27N5OS. The van der Waals surface area contributed by atoms with Crippen LogP contribution in [0, 0.1) is 13.8 Å². The van der Waals surface area contributed by atoms with Gasteiger partial charge in [0.15, 0.2) is 5.11 Å². The van der Waals surface area contributed by atoms with Gasteiger partial charge in [-0.2, -0.15) is 0 Å². The third kappa shape index (κ3) is 3.82. The van der Waals surface area contributed by atoms with Crippen molar-refractivity contribution in [1.29, 1.82) is 0 Å². The average Bonchev–Trinajstić information content (AvgIpc) is 3.25. The molecule has 1 fully saturated rings. The van der Waals surface area contributed by atoms with E-state index in [1.54, 1.807) is 13.3 Å². The van der Waals surface area contributed by atoms with Gasteiger partial charge in [0.1, 0.15) is 0 Å². The number of thiocarbonyl (C=S) groups is 1. The van der Waals surface area contributed by atoms with Crippen LogP contribution < -0.4 is 5.32 Å². The van der Waals surface area contributed by atoms with E-state index in [0.717, 1.165) is 29.5 Å². The Bertz CT molecular complexity index is 1010. The van der Waals surface area contributed by atoms with Gasteiger partial charge in [-0.05, 0) is 68.4 Å². The van der Waals surface area contributed by atoms with Crippen LogP contribution in [0.25, 0.3) is 5.69 Å². The second-order valence-corrected chi connectivity index (χ2v) is 7.93. The highest BCUT2D eigenvalue weighted by atomic mass is 32.1. The molecule has 6 nitrogen and oxygen atoms in total. The van der Waals surface area contributed by atoms with Crippen LogP contribution in [0.1, 0.15) is 41.1 Å². The van der Waals surface area contributed by atoms with Crippen LogP contribution in [-0.4, -0.2) is 44.8 Å². The molecule has 0 aliphatic carbocycles. The summed E-state index contributed by atoms with van der Waals surface area (Å²) in [6, 6.07) is 12.4. The van der Waals surface area contributed by atoms with E-state index in [1.165, 1.54) is 17.0 Å². The van der Waals surface area contributed by atoms with Gasteiger partial charge in [-0.3, -0.25) is 9.97 Å². The van der Waals surface area contributed by atoms with Crippen LogP contribution in [0.4, 0.5) is 0 Å². The summed E-state index contributed by atoms with van der Waals surface area (Å²) < 4.78 is 7.54. The van der Waals surface area contributed by atoms with Crippen molar-refractivity contribution in [2.45, 2.75) is 32.4 Å². The Balaban J connectivity index is 1.78. The first-order valence-corrected chi connectivity index (χ1v) is 10.6. The minimum atomic E-state index is -0.0101. The van der Waals surface area contributed by atoms with E-state index in [-0.39, 0.29) is 12.1 Å². The SMILES string of the molecule is COCCCN1C(=S)N[C@H](c2ccccn2)[C@@H]1c1cc(C)n(-c2cccnc2)c1C. The summed E-state index contributed by atoms with van der Waals surface area (Å²) in [6.07, 6.45) is 6.44. The van der Waals surface area contributed by atoms with E-state index in [2.05, 4.69) is 56.8 Å². The first-order valence-electron chi connectivity index (χ1n) is 10.2. The van der Waals surface area contributed by atoms with E-state index >= 15 is 0 Å². The lowest BCUT2D eigenvalue weighted by Gasteiger charge is -2.28. The first kappa shape index (κ1) is 20.5. The van der Waals surface area contributed by atoms with Gasteiger partial charge in [-0.1, -0.05) is 6.07 Å². The molecule has 0 spiro atoms. The maximum Gasteiger partial charge on any atom is 0.170 e. The highest BCUT2D eigenvalue weighted by Gasteiger charge is 2.41. The minimum Gasteiger partial charge on any atom is -0.385 e. The summed E-state index contributed by atoms with van der Waals surface area (Å²) in [7, 11) is 1.73. The van der Waals surface area contributed by atoms with Gasteiger partial charge >= 0.3 is 0 Å². The lowest BCUT2D eigenvalue weighted by Crippen LogP contribution is -2.31. The van der Waals surface area contributed by atoms with Crippen LogP contribution in [0.5, 0.6) is 0 Å². The van der Waals surface area contributed by atoms with E-state index in [1.807, 2.05) is 30.6 Å². The molecular weight excluding hydrogens is 394 g/mol. The third-order valence-corrected chi connectivity index (χ3v) is 5.99. The average molecular weight is 422 g/mol. The number of ether oxygens (including phenoxy) is 1. The predicted octanol–water partition coefficient (Wildman–Crippen LogP) is 3.89. The lowest BCUT2D eigenvalue weighted by atomic mass is 9.96. The molecule has 30 heavy (non-hydrogen) atoms. The molecule has 7 heteroatoms. The van der Waals surface area contributed by atoms with Crippen molar-refractivity contribution in [3.8, 4) is 5.69 Å². The number of hydrogen-bond acceptors (Lipinski definition) is 4. The van der Waals surface area contributed by atoms with E-state index in [9.17, 15) is 0 Å². The molecule has 4 rings (SSSR count). The molecule has 1 aliphatic heterocycles. The van der Waals surface area contributed by atoms with Crippen molar-refractivity contribution in [3.05, 3.63) is 77.6 Å². The van der Waals surface area contributed by atoms with Gasteiger partial charge in [0.25, 0.3) is 0 Å². The first-order chi connectivity index (χ1) is 14.6. The summed E-state index contributed by atoms with van der Waals surface area (Å²) >= 11 is 5.75. The molecule has 1 N–H and O–H groups in total. The minimum absolute atomic E-state index is 0.0101. The summed E-state index contributed by atoms with van der Waals surface area (Å²) in [5.74, 6) is 0. The Morgan fingerprint density at radius 1 is 1.17 bits per heavy atom. The Labute approximate surface area is 182 Å². The number of nitrogens with one attached hydrogen (secondary N) is 1. The summed E-state index contributed by atoms with van der Waals surface area (Å²) in [6.45, 7) is 5.83. The molecule has 2 atom stereocenters. The van der Waals surface area contributed by atoms with Crippen molar-refractivity contribution in [3.63, 3.8) is 0 Å². The molecule has 0 saturated carbocycles. The van der Waals surface area contributed by atoms with Gasteiger partial charge in [0.2, 0.25) is 0 Å². The summed E-state index contributed by atoms with van der Waals surface area (Å²) in [5, 5.41) is 4.29. The summed E-state index contributed by atoms with van der Waals surface area (Å²) in [4.78, 5) is 11.2. The highest BCUT2D eigenvalue weighted by molar-refractivity contribution is 7.80. The number of aryl methyl sites for hydroxylation is 1. The fourth-order valence-corrected chi connectivity index (χ4v) is 4.67. The zero-order valence-electron chi connectivity index (χ0n) is 17.6. The maximum atomic E-state index is 5.75. The van der Waals surface area contributed by atoms with Crippen molar-refractivity contribution < 1.29 is 4.74 Å². The number of rotatable bonds is 7. The molecule has 3 aromatic heterocycles. The van der Waals surface area contributed by atoms with Crippen molar-refractivity contribution in [1.82, 2.24) is 24.8 Å². The molecule has 0 aromatic carbocycles. The van der Waals surface area contributed by atoms with Crippen molar-refractivity contribution in [2.24, 2.45) is 0 Å². The van der Waals surface area contributed by atoms with Crippen LogP contribution >= 0.6 is 12.2 Å². The third-order valence-electron chi connectivity index (χ3n) is 5.64.